The first-order valence-corrected chi connectivity index (χ1v) is 9.63. The van der Waals surface area contributed by atoms with Crippen molar-refractivity contribution in [2.45, 2.75) is 6.42 Å². The van der Waals surface area contributed by atoms with Crippen LogP contribution in [0.25, 0.3) is 5.69 Å². The summed E-state index contributed by atoms with van der Waals surface area (Å²) in [6.07, 6.45) is 1.75. The van der Waals surface area contributed by atoms with E-state index in [1.165, 1.54) is 22.9 Å². The summed E-state index contributed by atoms with van der Waals surface area (Å²) < 4.78 is 28.3. The molecule has 2 aromatic carbocycles. The Labute approximate surface area is 172 Å². The number of halogens is 2. The Hall–Kier alpha value is -3.55. The van der Waals surface area contributed by atoms with Crippen molar-refractivity contribution in [1.82, 2.24) is 19.6 Å². The monoisotopic (exact) mass is 410 g/mol. The predicted octanol–water partition coefficient (Wildman–Crippen LogP) is 2.68. The van der Waals surface area contributed by atoms with Crippen molar-refractivity contribution in [2.75, 3.05) is 26.2 Å². The van der Waals surface area contributed by atoms with Gasteiger partial charge in [-0.3, -0.25) is 9.59 Å². The highest BCUT2D eigenvalue weighted by Gasteiger charge is 2.26. The molecule has 3 aromatic rings. The van der Waals surface area contributed by atoms with E-state index in [0.717, 1.165) is 5.56 Å². The molecule has 0 aliphatic carbocycles. The molecule has 4 rings (SSSR count). The minimum absolute atomic E-state index is 0.0578. The maximum Gasteiger partial charge on any atom is 0.274 e. The molecule has 2 amide bonds. The second kappa shape index (κ2) is 8.44. The van der Waals surface area contributed by atoms with Crippen LogP contribution in [0.3, 0.4) is 0 Å². The molecule has 1 fully saturated rings. The Morgan fingerprint density at radius 3 is 2.23 bits per heavy atom. The Morgan fingerprint density at radius 1 is 0.867 bits per heavy atom. The number of carbonyl (C=O) groups is 2. The molecule has 1 aliphatic heterocycles. The van der Waals surface area contributed by atoms with Crippen LogP contribution in [0.1, 0.15) is 16.1 Å². The average Bonchev–Trinajstić information content (AvgIpc) is 3.25. The van der Waals surface area contributed by atoms with E-state index in [9.17, 15) is 18.4 Å². The van der Waals surface area contributed by atoms with Crippen LogP contribution in [0.2, 0.25) is 0 Å². The Balaban J connectivity index is 1.35. The minimum Gasteiger partial charge on any atom is -0.339 e. The van der Waals surface area contributed by atoms with Crippen molar-refractivity contribution in [3.63, 3.8) is 0 Å². The van der Waals surface area contributed by atoms with Crippen LogP contribution in [0.15, 0.2) is 60.8 Å². The Bertz CT molecular complexity index is 1060. The number of hydrogen-bond donors (Lipinski definition) is 0. The van der Waals surface area contributed by atoms with E-state index in [-0.39, 0.29) is 35.4 Å². The zero-order valence-electron chi connectivity index (χ0n) is 16.2. The van der Waals surface area contributed by atoms with Gasteiger partial charge in [0, 0.05) is 32.4 Å². The lowest BCUT2D eigenvalue weighted by Crippen LogP contribution is -2.51. The molecular weight excluding hydrogens is 390 g/mol. The number of amides is 2. The number of benzene rings is 2. The first-order valence-electron chi connectivity index (χ1n) is 9.63. The third-order valence-electron chi connectivity index (χ3n) is 5.10. The highest BCUT2D eigenvalue weighted by molar-refractivity contribution is 5.92. The van der Waals surface area contributed by atoms with E-state index in [0.29, 0.717) is 26.2 Å². The lowest BCUT2D eigenvalue weighted by molar-refractivity contribution is -0.131. The third kappa shape index (κ3) is 4.22. The number of piperazine rings is 1. The van der Waals surface area contributed by atoms with Gasteiger partial charge in [0.2, 0.25) is 5.91 Å². The van der Waals surface area contributed by atoms with Gasteiger partial charge in [0.1, 0.15) is 17.3 Å². The zero-order valence-corrected chi connectivity index (χ0v) is 16.2. The number of hydrogen-bond acceptors (Lipinski definition) is 3. The Kier molecular flexibility index (Phi) is 5.56. The van der Waals surface area contributed by atoms with E-state index in [4.69, 9.17) is 0 Å². The second-order valence-electron chi connectivity index (χ2n) is 7.07. The number of nitrogens with zero attached hydrogens (tertiary/aromatic N) is 4. The van der Waals surface area contributed by atoms with E-state index in [1.54, 1.807) is 52.4 Å². The van der Waals surface area contributed by atoms with Crippen molar-refractivity contribution in [3.05, 3.63) is 83.7 Å². The quantitative estimate of drug-likeness (QED) is 0.665. The van der Waals surface area contributed by atoms with Crippen LogP contribution < -0.4 is 0 Å². The summed E-state index contributed by atoms with van der Waals surface area (Å²) in [6.45, 7) is 1.61. The highest BCUT2D eigenvalue weighted by Crippen LogP contribution is 2.14. The standard InChI is InChI=1S/C22H20F2N4O2/c23-17-7-5-16(6-8-17)15-21(29)26-11-13-27(14-12-26)22(30)19-9-10-28(25-19)20-4-2-1-3-18(20)24/h1-10H,11-15H2. The highest BCUT2D eigenvalue weighted by atomic mass is 19.1. The number of aromatic nitrogens is 2. The molecule has 1 aliphatic rings. The fourth-order valence-electron chi connectivity index (χ4n) is 3.42. The van der Waals surface area contributed by atoms with Crippen LogP contribution in [0.4, 0.5) is 8.78 Å². The first kappa shape index (κ1) is 19.8. The molecule has 30 heavy (non-hydrogen) atoms. The summed E-state index contributed by atoms with van der Waals surface area (Å²) >= 11 is 0. The summed E-state index contributed by atoms with van der Waals surface area (Å²) in [5, 5.41) is 4.21. The van der Waals surface area contributed by atoms with Gasteiger partial charge in [0.05, 0.1) is 6.42 Å². The summed E-state index contributed by atoms with van der Waals surface area (Å²) in [4.78, 5) is 28.5. The summed E-state index contributed by atoms with van der Waals surface area (Å²) in [7, 11) is 0. The van der Waals surface area contributed by atoms with Gasteiger partial charge in [0.15, 0.2) is 5.69 Å². The van der Waals surface area contributed by atoms with Crippen LogP contribution in [0, 0.1) is 11.6 Å². The normalized spacial score (nSPS) is 14.1. The molecule has 1 saturated heterocycles. The number of rotatable bonds is 4. The summed E-state index contributed by atoms with van der Waals surface area (Å²) in [6, 6.07) is 13.6. The number of para-hydroxylation sites is 1. The van der Waals surface area contributed by atoms with Crippen molar-refractivity contribution in [3.8, 4) is 5.69 Å². The van der Waals surface area contributed by atoms with Gasteiger partial charge in [-0.25, -0.2) is 13.5 Å². The molecule has 0 unspecified atom stereocenters. The van der Waals surface area contributed by atoms with Crippen molar-refractivity contribution >= 4 is 11.8 Å². The van der Waals surface area contributed by atoms with Gasteiger partial charge in [-0.15, -0.1) is 0 Å². The summed E-state index contributed by atoms with van der Waals surface area (Å²) in [5.74, 6) is -1.07. The minimum atomic E-state index is -0.423. The van der Waals surface area contributed by atoms with Gasteiger partial charge in [-0.05, 0) is 35.9 Å². The van der Waals surface area contributed by atoms with Crippen LogP contribution in [-0.4, -0.2) is 57.6 Å². The Morgan fingerprint density at radius 2 is 1.53 bits per heavy atom. The molecule has 0 N–H and O–H groups in total. The van der Waals surface area contributed by atoms with Gasteiger partial charge < -0.3 is 9.80 Å². The lowest BCUT2D eigenvalue weighted by atomic mass is 10.1. The van der Waals surface area contributed by atoms with E-state index in [2.05, 4.69) is 5.10 Å². The first-order chi connectivity index (χ1) is 14.5. The summed E-state index contributed by atoms with van der Waals surface area (Å²) in [5.41, 5.74) is 1.25. The molecule has 154 valence electrons. The number of carbonyl (C=O) groups excluding carboxylic acids is 2. The fraction of sp³-hybridized carbons (Fsp3) is 0.227. The van der Waals surface area contributed by atoms with Crippen molar-refractivity contribution in [1.29, 1.82) is 0 Å². The topological polar surface area (TPSA) is 58.4 Å². The molecular formula is C22H20F2N4O2. The van der Waals surface area contributed by atoms with Crippen molar-refractivity contribution in [2.24, 2.45) is 0 Å². The van der Waals surface area contributed by atoms with Crippen molar-refractivity contribution < 1.29 is 18.4 Å². The smallest absolute Gasteiger partial charge is 0.274 e. The van der Waals surface area contributed by atoms with Gasteiger partial charge in [-0.2, -0.15) is 5.10 Å². The predicted molar refractivity (Wildman–Crippen MR) is 106 cm³/mol. The molecule has 0 radical (unpaired) electrons. The second-order valence-corrected chi connectivity index (χ2v) is 7.07. The molecule has 0 saturated carbocycles. The average molecular weight is 410 g/mol. The molecule has 6 nitrogen and oxygen atoms in total. The molecule has 8 heteroatoms. The van der Waals surface area contributed by atoms with Gasteiger partial charge >= 0.3 is 0 Å². The molecule has 0 spiro atoms. The van der Waals surface area contributed by atoms with Gasteiger partial charge in [-0.1, -0.05) is 24.3 Å². The molecule has 0 atom stereocenters. The van der Waals surface area contributed by atoms with E-state index >= 15 is 0 Å². The van der Waals surface area contributed by atoms with Crippen LogP contribution in [0.5, 0.6) is 0 Å². The largest absolute Gasteiger partial charge is 0.339 e. The van der Waals surface area contributed by atoms with Crippen LogP contribution >= 0.6 is 0 Å². The SMILES string of the molecule is O=C(Cc1ccc(F)cc1)N1CCN(C(=O)c2ccn(-c3ccccc3F)n2)CC1. The third-order valence-corrected chi connectivity index (χ3v) is 5.10. The lowest BCUT2D eigenvalue weighted by Gasteiger charge is -2.34. The molecule has 0 bridgehead atoms. The fourth-order valence-corrected chi connectivity index (χ4v) is 3.42. The molecule has 2 heterocycles. The van der Waals surface area contributed by atoms with E-state index < -0.39 is 5.82 Å². The maximum absolute atomic E-state index is 13.9. The van der Waals surface area contributed by atoms with Crippen LogP contribution in [-0.2, 0) is 11.2 Å². The zero-order chi connectivity index (χ0) is 21.1. The maximum atomic E-state index is 13.9. The molecule has 1 aromatic heterocycles. The van der Waals surface area contributed by atoms with E-state index in [1.807, 2.05) is 0 Å². The van der Waals surface area contributed by atoms with Gasteiger partial charge in [0.25, 0.3) is 5.91 Å².